The fourth-order valence-corrected chi connectivity index (χ4v) is 2.63. The molecular weight excluding hydrogens is 321 g/mol. The lowest BCUT2D eigenvalue weighted by Gasteiger charge is -2.32. The second-order valence-electron chi connectivity index (χ2n) is 7.08. The summed E-state index contributed by atoms with van der Waals surface area (Å²) >= 11 is 0. The van der Waals surface area contributed by atoms with Gasteiger partial charge in [-0.1, -0.05) is 6.08 Å². The van der Waals surface area contributed by atoms with Gasteiger partial charge in [-0.25, -0.2) is 0 Å². The predicted octanol–water partition coefficient (Wildman–Crippen LogP) is 2.17. The number of aliphatic hydroxyl groups is 1. The highest BCUT2D eigenvalue weighted by atomic mass is 16.7. The molecule has 0 spiro atoms. The van der Waals surface area contributed by atoms with E-state index in [0.717, 1.165) is 11.0 Å². The lowest BCUT2D eigenvalue weighted by molar-refractivity contribution is 0.00578. The van der Waals surface area contributed by atoms with Crippen LogP contribution < -0.4 is 15.2 Å². The zero-order valence-corrected chi connectivity index (χ0v) is 15.9. The van der Waals surface area contributed by atoms with Gasteiger partial charge in [0.1, 0.15) is 11.5 Å². The second kappa shape index (κ2) is 7.37. The van der Waals surface area contributed by atoms with E-state index in [2.05, 4.69) is 0 Å². The van der Waals surface area contributed by atoms with Gasteiger partial charge in [0, 0.05) is 6.54 Å². The number of aliphatic hydroxyl groups excluding tert-OH is 1. The average Bonchev–Trinajstić information content (AvgIpc) is 2.79. The third-order valence-corrected chi connectivity index (χ3v) is 4.91. The molecule has 6 nitrogen and oxygen atoms in total. The molecule has 0 radical (unpaired) electrons. The summed E-state index contributed by atoms with van der Waals surface area (Å²) in [7, 11) is 2.61. The number of ether oxygens (including phenoxy) is 2. The van der Waals surface area contributed by atoms with Gasteiger partial charge in [-0.3, -0.25) is 0 Å². The minimum atomic E-state index is -0.540. The first kappa shape index (κ1) is 19.8. The lowest BCUT2D eigenvalue weighted by atomic mass is 9.77. The molecule has 7 heteroatoms. The van der Waals surface area contributed by atoms with Gasteiger partial charge in [0.25, 0.3) is 0 Å². The van der Waals surface area contributed by atoms with Crippen molar-refractivity contribution in [2.24, 2.45) is 5.73 Å². The summed E-state index contributed by atoms with van der Waals surface area (Å²) in [5.74, 6) is 1.18. The first-order valence-electron chi connectivity index (χ1n) is 8.31. The van der Waals surface area contributed by atoms with E-state index < -0.39 is 18.3 Å². The van der Waals surface area contributed by atoms with Gasteiger partial charge in [0.2, 0.25) is 0 Å². The summed E-state index contributed by atoms with van der Waals surface area (Å²) < 4.78 is 23.1. The van der Waals surface area contributed by atoms with E-state index in [4.69, 9.17) is 24.5 Å². The summed E-state index contributed by atoms with van der Waals surface area (Å²) in [5, 5.41) is 9.40. The van der Waals surface area contributed by atoms with Crippen LogP contribution in [0.1, 0.15) is 38.8 Å². The summed E-state index contributed by atoms with van der Waals surface area (Å²) in [6.07, 6.45) is 1.88. The van der Waals surface area contributed by atoms with Crippen molar-refractivity contribution in [1.29, 1.82) is 0 Å². The number of benzene rings is 1. The summed E-state index contributed by atoms with van der Waals surface area (Å²) in [5.41, 5.74) is 7.30. The van der Waals surface area contributed by atoms with E-state index in [1.54, 1.807) is 26.4 Å². The summed E-state index contributed by atoms with van der Waals surface area (Å²) in [4.78, 5) is 0. The molecule has 2 rings (SSSR count). The molecule has 138 valence electrons. The van der Waals surface area contributed by atoms with Crippen LogP contribution in [-0.4, -0.2) is 44.2 Å². The zero-order valence-electron chi connectivity index (χ0n) is 15.9. The molecule has 1 heterocycles. The van der Waals surface area contributed by atoms with Gasteiger partial charge in [0.05, 0.1) is 37.6 Å². The molecule has 0 bridgehead atoms. The smallest absolute Gasteiger partial charge is 0.491 e. The monoisotopic (exact) mass is 349 g/mol. The Bertz CT molecular complexity index is 616. The Kier molecular flexibility index (Phi) is 5.84. The molecule has 1 saturated heterocycles. The number of rotatable bonds is 6. The Morgan fingerprint density at radius 3 is 1.96 bits per heavy atom. The molecule has 0 saturated carbocycles. The van der Waals surface area contributed by atoms with Crippen molar-refractivity contribution in [1.82, 2.24) is 0 Å². The van der Waals surface area contributed by atoms with Crippen LogP contribution in [0.15, 0.2) is 17.6 Å². The highest BCUT2D eigenvalue weighted by Crippen LogP contribution is 2.40. The molecule has 1 aromatic rings. The molecule has 1 fully saturated rings. The van der Waals surface area contributed by atoms with Gasteiger partial charge < -0.3 is 29.6 Å². The molecule has 0 amide bonds. The van der Waals surface area contributed by atoms with Crippen molar-refractivity contribution in [3.63, 3.8) is 0 Å². The minimum Gasteiger partial charge on any atom is -0.496 e. The average molecular weight is 349 g/mol. The van der Waals surface area contributed by atoms with Gasteiger partial charge in [-0.05, 0) is 50.9 Å². The van der Waals surface area contributed by atoms with Gasteiger partial charge >= 0.3 is 7.12 Å². The van der Waals surface area contributed by atoms with Gasteiger partial charge in [-0.15, -0.1) is 0 Å². The largest absolute Gasteiger partial charge is 0.496 e. The predicted molar refractivity (Wildman–Crippen MR) is 98.6 cm³/mol. The second-order valence-corrected chi connectivity index (χ2v) is 7.08. The quantitative estimate of drug-likeness (QED) is 0.766. The Labute approximate surface area is 150 Å². The topological polar surface area (TPSA) is 83.2 Å². The highest BCUT2D eigenvalue weighted by molar-refractivity contribution is 6.56. The van der Waals surface area contributed by atoms with Crippen molar-refractivity contribution in [2.75, 3.05) is 20.8 Å². The SMILES string of the molecule is COc1cc(CO)cc(OC)c1C=C(CN)B1OC(C)(C)C(C)(C)O1. The van der Waals surface area contributed by atoms with Gasteiger partial charge in [-0.2, -0.15) is 0 Å². The van der Waals surface area contributed by atoms with Crippen LogP contribution >= 0.6 is 0 Å². The van der Waals surface area contributed by atoms with E-state index in [1.165, 1.54) is 0 Å². The maximum Gasteiger partial charge on any atom is 0.491 e. The molecule has 0 unspecified atom stereocenters. The Hall–Kier alpha value is -1.54. The van der Waals surface area contributed by atoms with E-state index in [-0.39, 0.29) is 13.2 Å². The third-order valence-electron chi connectivity index (χ3n) is 4.91. The van der Waals surface area contributed by atoms with Crippen LogP contribution in [0.25, 0.3) is 6.08 Å². The van der Waals surface area contributed by atoms with Crippen molar-refractivity contribution in [3.8, 4) is 11.5 Å². The van der Waals surface area contributed by atoms with E-state index in [0.29, 0.717) is 17.1 Å². The summed E-state index contributed by atoms with van der Waals surface area (Å²) in [6.45, 7) is 8.16. The molecule has 1 aliphatic heterocycles. The highest BCUT2D eigenvalue weighted by Gasteiger charge is 2.52. The third kappa shape index (κ3) is 3.85. The first-order valence-corrected chi connectivity index (χ1v) is 8.31. The Morgan fingerprint density at radius 1 is 1.12 bits per heavy atom. The Balaban J connectivity index is 2.47. The van der Waals surface area contributed by atoms with Crippen LogP contribution in [0.3, 0.4) is 0 Å². The fourth-order valence-electron chi connectivity index (χ4n) is 2.63. The molecular formula is C18H28BNO5. The van der Waals surface area contributed by atoms with Crippen LogP contribution in [-0.2, 0) is 15.9 Å². The van der Waals surface area contributed by atoms with Crippen molar-refractivity contribution < 1.29 is 23.9 Å². The number of methoxy groups -OCH3 is 2. The van der Waals surface area contributed by atoms with Crippen molar-refractivity contribution in [3.05, 3.63) is 28.7 Å². The molecule has 0 aromatic heterocycles. The molecule has 3 N–H and O–H groups in total. The van der Waals surface area contributed by atoms with E-state index in [1.807, 2.05) is 33.8 Å². The summed E-state index contributed by atoms with van der Waals surface area (Å²) in [6, 6.07) is 3.54. The molecule has 0 atom stereocenters. The normalized spacial score (nSPS) is 19.2. The van der Waals surface area contributed by atoms with Gasteiger partial charge in [0.15, 0.2) is 0 Å². The van der Waals surface area contributed by atoms with Crippen molar-refractivity contribution in [2.45, 2.75) is 45.5 Å². The van der Waals surface area contributed by atoms with E-state index in [9.17, 15) is 5.11 Å². The lowest BCUT2D eigenvalue weighted by Crippen LogP contribution is -2.41. The molecule has 0 aliphatic carbocycles. The van der Waals surface area contributed by atoms with E-state index >= 15 is 0 Å². The van der Waals surface area contributed by atoms with Crippen LogP contribution in [0.4, 0.5) is 0 Å². The zero-order chi connectivity index (χ0) is 18.8. The molecule has 25 heavy (non-hydrogen) atoms. The standard InChI is InChI=1S/C18H28BNO5/c1-17(2)18(3,4)25-19(24-17)13(10-20)9-14-15(22-5)7-12(11-21)8-16(14)23-6/h7-9,21H,10-11,20H2,1-6H3. The Morgan fingerprint density at radius 2 is 1.60 bits per heavy atom. The number of nitrogens with two attached hydrogens (primary N) is 1. The maximum absolute atomic E-state index is 9.40. The fraction of sp³-hybridized carbons (Fsp3) is 0.556. The van der Waals surface area contributed by atoms with Crippen molar-refractivity contribution >= 4 is 13.2 Å². The van der Waals surface area contributed by atoms with Crippen LogP contribution in [0.2, 0.25) is 0 Å². The number of hydrogen-bond donors (Lipinski definition) is 2. The molecule has 1 aliphatic rings. The maximum atomic E-state index is 9.40. The number of hydrogen-bond acceptors (Lipinski definition) is 6. The first-order chi connectivity index (χ1) is 11.7. The van der Waals surface area contributed by atoms with Crippen LogP contribution in [0.5, 0.6) is 11.5 Å². The van der Waals surface area contributed by atoms with Crippen LogP contribution in [0, 0.1) is 0 Å². The molecule has 1 aromatic carbocycles. The minimum absolute atomic E-state index is 0.0995.